The standard InChI is InChI=1S/C27H32F2N4O4/c1-31(10-9-19-7-8-23(35-2)24(15-19)36-3)27(34)22-18-37-25(30-22)17-33-13-11-32(12-14-33)16-20-5-4-6-21(28)26(20)29/h4-8,15,18H,9-14,16-17H2,1-3H3. The van der Waals surface area contributed by atoms with E-state index in [2.05, 4.69) is 14.8 Å². The van der Waals surface area contributed by atoms with Gasteiger partial charge in [0.15, 0.2) is 28.8 Å². The van der Waals surface area contributed by atoms with Gasteiger partial charge in [0, 0.05) is 51.9 Å². The first-order valence-corrected chi connectivity index (χ1v) is 12.2. The van der Waals surface area contributed by atoms with Crippen LogP contribution in [-0.2, 0) is 19.5 Å². The third-order valence-corrected chi connectivity index (χ3v) is 6.55. The van der Waals surface area contributed by atoms with Gasteiger partial charge in [-0.15, -0.1) is 0 Å². The number of methoxy groups -OCH3 is 2. The quantitative estimate of drug-likeness (QED) is 0.409. The van der Waals surface area contributed by atoms with Gasteiger partial charge in [0.1, 0.15) is 6.26 Å². The van der Waals surface area contributed by atoms with Gasteiger partial charge in [-0.05, 0) is 30.2 Å². The van der Waals surface area contributed by atoms with E-state index in [4.69, 9.17) is 13.9 Å². The molecule has 0 spiro atoms. The van der Waals surface area contributed by atoms with Crippen LogP contribution in [0.1, 0.15) is 27.5 Å². The van der Waals surface area contributed by atoms with E-state index in [1.54, 1.807) is 32.2 Å². The van der Waals surface area contributed by atoms with Crippen LogP contribution >= 0.6 is 0 Å². The highest BCUT2D eigenvalue weighted by Gasteiger charge is 2.22. The summed E-state index contributed by atoms with van der Waals surface area (Å²) in [4.78, 5) is 23.1. The summed E-state index contributed by atoms with van der Waals surface area (Å²) >= 11 is 0. The number of carbonyl (C=O) groups excluding carboxylic acids is 1. The Bertz CT molecular complexity index is 1210. The van der Waals surface area contributed by atoms with Crippen molar-refractivity contribution in [3.05, 3.63) is 77.0 Å². The van der Waals surface area contributed by atoms with Crippen molar-refractivity contribution >= 4 is 5.91 Å². The van der Waals surface area contributed by atoms with E-state index in [1.165, 1.54) is 12.3 Å². The highest BCUT2D eigenvalue weighted by atomic mass is 19.2. The maximum atomic E-state index is 14.0. The Hall–Kier alpha value is -3.50. The van der Waals surface area contributed by atoms with Crippen molar-refractivity contribution in [3.63, 3.8) is 0 Å². The van der Waals surface area contributed by atoms with E-state index in [0.29, 0.717) is 62.1 Å². The van der Waals surface area contributed by atoms with Gasteiger partial charge in [-0.2, -0.15) is 0 Å². The molecule has 1 aliphatic rings. The van der Waals surface area contributed by atoms with Crippen LogP contribution in [0.3, 0.4) is 0 Å². The zero-order valence-corrected chi connectivity index (χ0v) is 21.4. The van der Waals surface area contributed by atoms with Crippen LogP contribution < -0.4 is 9.47 Å². The molecular weight excluding hydrogens is 482 g/mol. The molecule has 37 heavy (non-hydrogen) atoms. The molecule has 0 radical (unpaired) electrons. The zero-order valence-electron chi connectivity index (χ0n) is 21.4. The SMILES string of the molecule is COc1ccc(CCN(C)C(=O)c2coc(CN3CCN(Cc4cccc(F)c4F)CC3)n2)cc1OC. The molecule has 1 aromatic heterocycles. The Morgan fingerprint density at radius 3 is 2.43 bits per heavy atom. The maximum absolute atomic E-state index is 14.0. The molecule has 0 bridgehead atoms. The summed E-state index contributed by atoms with van der Waals surface area (Å²) in [6.07, 6.45) is 2.05. The predicted molar refractivity (Wildman–Crippen MR) is 134 cm³/mol. The molecule has 2 heterocycles. The molecule has 10 heteroatoms. The van der Waals surface area contributed by atoms with Gasteiger partial charge in [0.25, 0.3) is 5.91 Å². The highest BCUT2D eigenvalue weighted by molar-refractivity contribution is 5.91. The van der Waals surface area contributed by atoms with Gasteiger partial charge >= 0.3 is 0 Å². The lowest BCUT2D eigenvalue weighted by Gasteiger charge is -2.34. The van der Waals surface area contributed by atoms with Crippen LogP contribution in [-0.4, -0.2) is 79.6 Å². The van der Waals surface area contributed by atoms with Gasteiger partial charge in [-0.3, -0.25) is 14.6 Å². The summed E-state index contributed by atoms with van der Waals surface area (Å²) in [5.74, 6) is -0.0314. The average molecular weight is 515 g/mol. The summed E-state index contributed by atoms with van der Waals surface area (Å²) in [5, 5.41) is 0. The maximum Gasteiger partial charge on any atom is 0.275 e. The number of piperazine rings is 1. The Balaban J connectivity index is 1.25. The second-order valence-corrected chi connectivity index (χ2v) is 9.06. The van der Waals surface area contributed by atoms with Gasteiger partial charge in [-0.1, -0.05) is 18.2 Å². The second kappa shape index (κ2) is 12.2. The summed E-state index contributed by atoms with van der Waals surface area (Å²) < 4.78 is 43.6. The van der Waals surface area contributed by atoms with Gasteiger partial charge in [-0.25, -0.2) is 13.8 Å². The van der Waals surface area contributed by atoms with Crippen LogP contribution in [0.25, 0.3) is 0 Å². The molecular formula is C27H32F2N4O4. The molecule has 8 nitrogen and oxygen atoms in total. The Morgan fingerprint density at radius 1 is 1.03 bits per heavy atom. The molecule has 198 valence electrons. The van der Waals surface area contributed by atoms with Crippen LogP contribution in [0.4, 0.5) is 8.78 Å². The highest BCUT2D eigenvalue weighted by Crippen LogP contribution is 2.27. The van der Waals surface area contributed by atoms with Crippen LogP contribution in [0.2, 0.25) is 0 Å². The monoisotopic (exact) mass is 514 g/mol. The topological polar surface area (TPSA) is 71.3 Å². The minimum atomic E-state index is -0.822. The lowest BCUT2D eigenvalue weighted by Crippen LogP contribution is -2.45. The number of halogens is 2. The largest absolute Gasteiger partial charge is 0.493 e. The lowest BCUT2D eigenvalue weighted by molar-refractivity contribution is 0.0790. The molecule has 1 amide bonds. The normalized spacial score (nSPS) is 14.5. The van der Waals surface area contributed by atoms with Crippen molar-refractivity contribution in [2.24, 2.45) is 0 Å². The van der Waals surface area contributed by atoms with Crippen molar-refractivity contribution < 1.29 is 27.5 Å². The molecule has 1 aliphatic heterocycles. The summed E-state index contributed by atoms with van der Waals surface area (Å²) in [7, 11) is 4.92. The Morgan fingerprint density at radius 2 is 1.73 bits per heavy atom. The molecule has 1 fully saturated rings. The smallest absolute Gasteiger partial charge is 0.275 e. The number of hydrogen-bond donors (Lipinski definition) is 0. The molecule has 2 aromatic carbocycles. The van der Waals surface area contributed by atoms with Crippen LogP contribution in [0.5, 0.6) is 11.5 Å². The molecule has 1 saturated heterocycles. The first-order chi connectivity index (χ1) is 17.9. The summed E-state index contributed by atoms with van der Waals surface area (Å²) in [6.45, 7) is 4.23. The third-order valence-electron chi connectivity index (χ3n) is 6.55. The van der Waals surface area contributed by atoms with E-state index < -0.39 is 11.6 Å². The molecule has 0 N–H and O–H groups in total. The molecule has 0 aliphatic carbocycles. The minimum Gasteiger partial charge on any atom is -0.493 e. The Labute approximate surface area is 215 Å². The summed E-state index contributed by atoms with van der Waals surface area (Å²) in [6, 6.07) is 9.96. The first-order valence-electron chi connectivity index (χ1n) is 12.2. The zero-order chi connectivity index (χ0) is 26.4. The second-order valence-electron chi connectivity index (χ2n) is 9.06. The molecule has 4 rings (SSSR count). The van der Waals surface area contributed by atoms with Crippen molar-refractivity contribution in [2.75, 3.05) is 54.0 Å². The lowest BCUT2D eigenvalue weighted by atomic mass is 10.1. The molecule has 3 aromatic rings. The molecule has 0 saturated carbocycles. The van der Waals surface area contributed by atoms with Crippen molar-refractivity contribution in [2.45, 2.75) is 19.5 Å². The number of rotatable bonds is 10. The van der Waals surface area contributed by atoms with Crippen molar-refractivity contribution in [3.8, 4) is 11.5 Å². The average Bonchev–Trinajstić information content (AvgIpc) is 3.38. The molecule has 0 atom stereocenters. The molecule has 0 unspecified atom stereocenters. The minimum absolute atomic E-state index is 0.211. The van der Waals surface area contributed by atoms with Crippen molar-refractivity contribution in [1.29, 1.82) is 0 Å². The van der Waals surface area contributed by atoms with E-state index in [0.717, 1.165) is 24.7 Å². The fraction of sp³-hybridized carbons (Fsp3) is 0.407. The number of aromatic nitrogens is 1. The number of amides is 1. The van der Waals surface area contributed by atoms with E-state index in [1.807, 2.05) is 18.2 Å². The fourth-order valence-corrected chi connectivity index (χ4v) is 4.32. The number of nitrogens with zero attached hydrogens (tertiary/aromatic N) is 4. The number of hydrogen-bond acceptors (Lipinski definition) is 7. The summed E-state index contributed by atoms with van der Waals surface area (Å²) in [5.41, 5.74) is 1.65. The van der Waals surface area contributed by atoms with Crippen LogP contribution in [0, 0.1) is 11.6 Å². The van der Waals surface area contributed by atoms with Crippen LogP contribution in [0.15, 0.2) is 47.1 Å². The fourth-order valence-electron chi connectivity index (χ4n) is 4.32. The van der Waals surface area contributed by atoms with E-state index in [9.17, 15) is 13.6 Å². The van der Waals surface area contributed by atoms with Gasteiger partial charge in [0.2, 0.25) is 5.89 Å². The van der Waals surface area contributed by atoms with Gasteiger partial charge in [0.05, 0.1) is 20.8 Å². The number of ether oxygens (including phenoxy) is 2. The number of carbonyl (C=O) groups is 1. The van der Waals surface area contributed by atoms with Crippen molar-refractivity contribution in [1.82, 2.24) is 19.7 Å². The Kier molecular flexibility index (Phi) is 8.73. The van der Waals surface area contributed by atoms with E-state index >= 15 is 0 Å². The number of benzene rings is 2. The predicted octanol–water partition coefficient (Wildman–Crippen LogP) is 3.60. The van der Waals surface area contributed by atoms with Gasteiger partial charge < -0.3 is 18.8 Å². The number of likely N-dealkylation sites (N-methyl/N-ethyl adjacent to an activating group) is 1. The third kappa shape index (κ3) is 6.64. The van der Waals surface area contributed by atoms with E-state index in [-0.39, 0.29) is 11.6 Å². The first kappa shape index (κ1) is 26.6. The number of oxazole rings is 1.